The summed E-state index contributed by atoms with van der Waals surface area (Å²) in [5.41, 5.74) is 9.19. The SMILES string of the molecule is CN1CN(c2ccc(N3CC(CN=[N+]=[N-])OC3C=O)cc2F)CC1=O. The van der Waals surface area contributed by atoms with Gasteiger partial charge in [-0.3, -0.25) is 9.59 Å². The van der Waals surface area contributed by atoms with Crippen LogP contribution in [0.3, 0.4) is 0 Å². The van der Waals surface area contributed by atoms with Gasteiger partial charge in [0.2, 0.25) is 5.91 Å². The summed E-state index contributed by atoms with van der Waals surface area (Å²) in [6.07, 6.45) is -0.668. The van der Waals surface area contributed by atoms with Crippen molar-refractivity contribution in [3.05, 3.63) is 34.5 Å². The van der Waals surface area contributed by atoms with Gasteiger partial charge in [0, 0.05) is 24.2 Å². The van der Waals surface area contributed by atoms with Crippen molar-refractivity contribution in [2.75, 3.05) is 43.2 Å². The Bertz CT molecular complexity index is 738. The highest BCUT2D eigenvalue weighted by Gasteiger charge is 2.33. The van der Waals surface area contributed by atoms with Crippen molar-refractivity contribution in [2.24, 2.45) is 5.11 Å². The van der Waals surface area contributed by atoms with Crippen LogP contribution in [-0.2, 0) is 14.3 Å². The van der Waals surface area contributed by atoms with Gasteiger partial charge in [-0.25, -0.2) is 4.39 Å². The highest BCUT2D eigenvalue weighted by atomic mass is 19.1. The first kappa shape index (κ1) is 17.0. The summed E-state index contributed by atoms with van der Waals surface area (Å²) in [7, 11) is 1.66. The third-order valence-electron chi connectivity index (χ3n) is 4.24. The minimum absolute atomic E-state index is 0.0710. The Labute approximate surface area is 143 Å². The quantitative estimate of drug-likeness (QED) is 0.343. The summed E-state index contributed by atoms with van der Waals surface area (Å²) in [5.74, 6) is -0.554. The molecule has 2 aliphatic rings. The number of azide groups is 1. The maximum absolute atomic E-state index is 14.5. The normalized spacial score (nSPS) is 23.1. The predicted octanol–water partition coefficient (Wildman–Crippen LogP) is 1.10. The predicted molar refractivity (Wildman–Crippen MR) is 87.5 cm³/mol. The Kier molecular flexibility index (Phi) is 4.73. The standard InChI is InChI=1S/C15H17FN6O3/c1-20-9-21(7-14(20)24)13-3-2-10(4-12(13)16)22-6-11(5-18-19-17)25-15(22)8-23/h2-4,8,11,15H,5-7,9H2,1H3. The van der Waals surface area contributed by atoms with E-state index in [1.807, 2.05) is 0 Å². The van der Waals surface area contributed by atoms with Gasteiger partial charge < -0.3 is 19.4 Å². The zero-order chi connectivity index (χ0) is 18.0. The van der Waals surface area contributed by atoms with Crippen LogP contribution in [0.1, 0.15) is 0 Å². The van der Waals surface area contributed by atoms with Gasteiger partial charge in [0.25, 0.3) is 0 Å². The Morgan fingerprint density at radius 3 is 2.92 bits per heavy atom. The maximum Gasteiger partial charge on any atom is 0.243 e. The lowest BCUT2D eigenvalue weighted by Gasteiger charge is -2.23. The molecule has 2 unspecified atom stereocenters. The molecular formula is C15H17FN6O3. The number of nitrogens with zero attached hydrogens (tertiary/aromatic N) is 6. The van der Waals surface area contributed by atoms with Gasteiger partial charge in [0.1, 0.15) is 5.82 Å². The molecule has 2 heterocycles. The Morgan fingerprint density at radius 2 is 2.32 bits per heavy atom. The molecule has 0 aromatic heterocycles. The smallest absolute Gasteiger partial charge is 0.243 e. The average molecular weight is 348 g/mol. The molecule has 0 aliphatic carbocycles. The van der Waals surface area contributed by atoms with Gasteiger partial charge in [-0.1, -0.05) is 5.11 Å². The fourth-order valence-corrected chi connectivity index (χ4v) is 2.98. The van der Waals surface area contributed by atoms with Crippen molar-refractivity contribution < 1.29 is 18.7 Å². The lowest BCUT2D eigenvalue weighted by Crippen LogP contribution is -2.31. The van der Waals surface area contributed by atoms with E-state index in [0.29, 0.717) is 30.9 Å². The van der Waals surface area contributed by atoms with Gasteiger partial charge >= 0.3 is 0 Å². The van der Waals surface area contributed by atoms with Gasteiger partial charge in [0.05, 0.1) is 31.5 Å². The summed E-state index contributed by atoms with van der Waals surface area (Å²) in [4.78, 5) is 30.3. The Hall–Kier alpha value is -2.84. The molecule has 0 spiro atoms. The second kappa shape index (κ2) is 6.96. The molecule has 2 saturated heterocycles. The van der Waals surface area contributed by atoms with E-state index < -0.39 is 18.1 Å². The first-order valence-corrected chi connectivity index (χ1v) is 7.70. The molecule has 9 nitrogen and oxygen atoms in total. The zero-order valence-electron chi connectivity index (χ0n) is 13.6. The van der Waals surface area contributed by atoms with Crippen LogP contribution < -0.4 is 9.80 Å². The van der Waals surface area contributed by atoms with E-state index in [1.165, 1.54) is 11.0 Å². The Morgan fingerprint density at radius 1 is 1.52 bits per heavy atom. The van der Waals surface area contributed by atoms with Crippen molar-refractivity contribution in [2.45, 2.75) is 12.3 Å². The number of rotatable bonds is 5. The molecule has 1 aromatic rings. The number of benzene rings is 1. The van der Waals surface area contributed by atoms with Crippen molar-refractivity contribution >= 4 is 23.6 Å². The van der Waals surface area contributed by atoms with E-state index in [-0.39, 0.29) is 19.0 Å². The highest BCUT2D eigenvalue weighted by Crippen LogP contribution is 2.30. The second-order valence-corrected chi connectivity index (χ2v) is 5.92. The highest BCUT2D eigenvalue weighted by molar-refractivity contribution is 5.84. The third-order valence-corrected chi connectivity index (χ3v) is 4.24. The van der Waals surface area contributed by atoms with Crippen LogP contribution >= 0.6 is 0 Å². The summed E-state index contributed by atoms with van der Waals surface area (Å²) in [5, 5.41) is 3.44. The van der Waals surface area contributed by atoms with E-state index in [2.05, 4.69) is 10.0 Å². The number of carbonyl (C=O) groups is 2. The molecular weight excluding hydrogens is 331 g/mol. The fraction of sp³-hybridized carbons (Fsp3) is 0.467. The lowest BCUT2D eigenvalue weighted by molar-refractivity contribution is -0.125. The van der Waals surface area contributed by atoms with Crippen LogP contribution in [-0.4, -0.2) is 62.8 Å². The lowest BCUT2D eigenvalue weighted by atomic mass is 10.2. The molecule has 132 valence electrons. The number of halogens is 1. The van der Waals surface area contributed by atoms with E-state index in [0.717, 1.165) is 0 Å². The molecule has 3 rings (SSSR count). The molecule has 1 amide bonds. The summed E-state index contributed by atoms with van der Waals surface area (Å²) in [6, 6.07) is 4.57. The largest absolute Gasteiger partial charge is 0.346 e. The van der Waals surface area contributed by atoms with Gasteiger partial charge in [0.15, 0.2) is 12.5 Å². The van der Waals surface area contributed by atoms with Crippen LogP contribution in [0.4, 0.5) is 15.8 Å². The first-order chi connectivity index (χ1) is 12.0. The first-order valence-electron chi connectivity index (χ1n) is 7.70. The third kappa shape index (κ3) is 3.35. The second-order valence-electron chi connectivity index (χ2n) is 5.92. The monoisotopic (exact) mass is 348 g/mol. The topological polar surface area (TPSA) is 102 Å². The summed E-state index contributed by atoms with van der Waals surface area (Å²) in [6.45, 7) is 0.865. The molecule has 2 aliphatic heterocycles. The molecule has 0 radical (unpaired) electrons. The number of ether oxygens (including phenoxy) is 1. The Balaban J connectivity index is 1.79. The molecule has 0 bridgehead atoms. The zero-order valence-corrected chi connectivity index (χ0v) is 13.6. The average Bonchev–Trinajstić information content (AvgIpc) is 3.16. The van der Waals surface area contributed by atoms with E-state index in [4.69, 9.17) is 10.3 Å². The molecule has 10 heteroatoms. The molecule has 2 fully saturated rings. The van der Waals surface area contributed by atoms with Gasteiger partial charge in [-0.2, -0.15) is 0 Å². The number of anilines is 2. The van der Waals surface area contributed by atoms with Crippen LogP contribution in [0, 0.1) is 5.82 Å². The van der Waals surface area contributed by atoms with Crippen LogP contribution in [0.15, 0.2) is 23.3 Å². The maximum atomic E-state index is 14.5. The van der Waals surface area contributed by atoms with Gasteiger partial charge in [-0.15, -0.1) is 0 Å². The van der Waals surface area contributed by atoms with Crippen molar-refractivity contribution in [3.63, 3.8) is 0 Å². The number of likely N-dealkylation sites (N-methyl/N-ethyl adjacent to an activating group) is 1. The number of hydrogen-bond acceptors (Lipinski definition) is 6. The van der Waals surface area contributed by atoms with E-state index in [1.54, 1.807) is 29.0 Å². The number of aldehydes is 1. The van der Waals surface area contributed by atoms with Crippen LogP contribution in [0.5, 0.6) is 0 Å². The van der Waals surface area contributed by atoms with Crippen molar-refractivity contribution in [1.29, 1.82) is 0 Å². The summed E-state index contributed by atoms with van der Waals surface area (Å²) < 4.78 is 20.0. The van der Waals surface area contributed by atoms with E-state index >= 15 is 0 Å². The summed E-state index contributed by atoms with van der Waals surface area (Å²) >= 11 is 0. The fourth-order valence-electron chi connectivity index (χ4n) is 2.98. The van der Waals surface area contributed by atoms with Crippen LogP contribution in [0.25, 0.3) is 10.4 Å². The number of hydrogen-bond donors (Lipinski definition) is 0. The number of amides is 1. The van der Waals surface area contributed by atoms with E-state index in [9.17, 15) is 14.0 Å². The molecule has 0 N–H and O–H groups in total. The molecule has 2 atom stereocenters. The minimum Gasteiger partial charge on any atom is -0.346 e. The minimum atomic E-state index is -0.858. The molecule has 0 saturated carbocycles. The van der Waals surface area contributed by atoms with Crippen LogP contribution in [0.2, 0.25) is 0 Å². The number of carbonyl (C=O) groups excluding carboxylic acids is 2. The van der Waals surface area contributed by atoms with Gasteiger partial charge in [-0.05, 0) is 23.7 Å². The molecule has 25 heavy (non-hydrogen) atoms. The molecule has 1 aromatic carbocycles. The van der Waals surface area contributed by atoms with Crippen molar-refractivity contribution in [3.8, 4) is 0 Å². The van der Waals surface area contributed by atoms with Crippen molar-refractivity contribution in [1.82, 2.24) is 4.90 Å².